The van der Waals surface area contributed by atoms with Gasteiger partial charge in [-0.25, -0.2) is 9.18 Å². The number of halogens is 1. The number of aromatic nitrogens is 3. The summed E-state index contributed by atoms with van der Waals surface area (Å²) in [4.78, 5) is 17.2. The number of carbonyl (C=O) groups is 1. The van der Waals surface area contributed by atoms with Gasteiger partial charge in [0.2, 0.25) is 0 Å². The Morgan fingerprint density at radius 1 is 1.05 bits per heavy atom. The number of aliphatic hydroxyl groups excluding tert-OH is 1. The Bertz CT molecular complexity index is 1250. The van der Waals surface area contributed by atoms with E-state index in [1.54, 1.807) is 39.9 Å². The number of methoxy groups -OCH3 is 2. The second-order valence-corrected chi connectivity index (χ2v) is 9.58. The predicted molar refractivity (Wildman–Crippen MR) is 144 cm³/mol. The Hall–Kier alpha value is -3.86. The SMILES string of the molecule is CCCCCOc1cc(N2CC(Cn3cc(CO)nn3)CN(Cc3cc(F)ccc3OC)C2=O)ccc1OC. The van der Waals surface area contributed by atoms with Gasteiger partial charge in [-0.3, -0.25) is 9.58 Å². The number of nitrogens with zero attached hydrogens (tertiary/aromatic N) is 5. The van der Waals surface area contributed by atoms with Crippen LogP contribution in [-0.4, -0.2) is 64.9 Å². The molecule has 1 saturated heterocycles. The minimum Gasteiger partial charge on any atom is -0.496 e. The summed E-state index contributed by atoms with van der Waals surface area (Å²) in [5.74, 6) is 1.24. The summed E-state index contributed by atoms with van der Waals surface area (Å²) in [5.41, 5.74) is 1.71. The molecule has 3 aromatic rings. The third-order valence-corrected chi connectivity index (χ3v) is 6.68. The number of unbranched alkanes of at least 4 members (excludes halogenated alkanes) is 2. The van der Waals surface area contributed by atoms with Gasteiger partial charge in [0.25, 0.3) is 0 Å². The highest BCUT2D eigenvalue weighted by molar-refractivity contribution is 5.93. The number of urea groups is 1. The van der Waals surface area contributed by atoms with Gasteiger partial charge in [0.15, 0.2) is 11.5 Å². The average Bonchev–Trinajstić information content (AvgIpc) is 3.40. The molecular formula is C28H36FN5O5. The molecule has 0 saturated carbocycles. The van der Waals surface area contributed by atoms with E-state index < -0.39 is 5.82 Å². The van der Waals surface area contributed by atoms with E-state index in [1.807, 2.05) is 12.1 Å². The number of hydrogen-bond donors (Lipinski definition) is 1. The van der Waals surface area contributed by atoms with E-state index in [0.29, 0.717) is 60.4 Å². The molecule has 1 N–H and O–H groups in total. The highest BCUT2D eigenvalue weighted by atomic mass is 19.1. The molecule has 11 heteroatoms. The van der Waals surface area contributed by atoms with Gasteiger partial charge >= 0.3 is 6.03 Å². The van der Waals surface area contributed by atoms with Crippen LogP contribution in [0.1, 0.15) is 37.4 Å². The first-order chi connectivity index (χ1) is 18.9. The zero-order valence-corrected chi connectivity index (χ0v) is 22.7. The smallest absolute Gasteiger partial charge is 0.324 e. The molecule has 1 aliphatic rings. The molecule has 10 nitrogen and oxygen atoms in total. The molecule has 0 aliphatic carbocycles. The molecule has 2 heterocycles. The van der Waals surface area contributed by atoms with Crippen LogP contribution in [0, 0.1) is 11.7 Å². The number of benzene rings is 2. The molecule has 0 bridgehead atoms. The summed E-state index contributed by atoms with van der Waals surface area (Å²) in [7, 11) is 3.11. The van der Waals surface area contributed by atoms with Crippen LogP contribution in [0.25, 0.3) is 0 Å². The molecule has 2 aromatic carbocycles. The summed E-state index contributed by atoms with van der Waals surface area (Å²) in [6.07, 6.45) is 4.76. The molecule has 0 radical (unpaired) electrons. The van der Waals surface area contributed by atoms with Crippen LogP contribution in [0.3, 0.4) is 0 Å². The number of anilines is 1. The highest BCUT2D eigenvalue weighted by Crippen LogP contribution is 2.34. The second kappa shape index (κ2) is 13.3. The molecule has 4 rings (SSSR count). The number of rotatable bonds is 13. The Balaban J connectivity index is 1.63. The maximum atomic E-state index is 14.1. The zero-order valence-electron chi connectivity index (χ0n) is 22.7. The molecule has 210 valence electrons. The van der Waals surface area contributed by atoms with Crippen LogP contribution < -0.4 is 19.1 Å². The molecule has 2 amide bonds. The van der Waals surface area contributed by atoms with Crippen molar-refractivity contribution in [3.63, 3.8) is 0 Å². The molecule has 1 aromatic heterocycles. The Kier molecular flexibility index (Phi) is 9.59. The van der Waals surface area contributed by atoms with E-state index in [4.69, 9.17) is 14.2 Å². The van der Waals surface area contributed by atoms with E-state index >= 15 is 0 Å². The summed E-state index contributed by atoms with van der Waals surface area (Å²) >= 11 is 0. The van der Waals surface area contributed by atoms with Crippen molar-refractivity contribution in [1.82, 2.24) is 19.9 Å². The normalized spacial score (nSPS) is 15.5. The van der Waals surface area contributed by atoms with E-state index in [1.165, 1.54) is 19.2 Å². The quantitative estimate of drug-likeness (QED) is 0.323. The summed E-state index contributed by atoms with van der Waals surface area (Å²) in [6.45, 7) is 3.97. The minimum absolute atomic E-state index is 0.0356. The van der Waals surface area contributed by atoms with Crippen molar-refractivity contribution in [1.29, 1.82) is 0 Å². The maximum Gasteiger partial charge on any atom is 0.324 e. The number of carbonyl (C=O) groups excluding carboxylic acids is 1. The van der Waals surface area contributed by atoms with Crippen molar-refractivity contribution in [3.8, 4) is 17.2 Å². The van der Waals surface area contributed by atoms with Gasteiger partial charge in [0.05, 0.1) is 40.2 Å². The second-order valence-electron chi connectivity index (χ2n) is 9.58. The Labute approximate surface area is 227 Å². The van der Waals surface area contributed by atoms with Crippen LogP contribution in [0.15, 0.2) is 42.6 Å². The molecule has 1 fully saturated rings. The monoisotopic (exact) mass is 541 g/mol. The summed E-state index contributed by atoms with van der Waals surface area (Å²) in [6, 6.07) is 9.52. The van der Waals surface area contributed by atoms with Crippen molar-refractivity contribution >= 4 is 11.7 Å². The van der Waals surface area contributed by atoms with Crippen LogP contribution >= 0.6 is 0 Å². The fourth-order valence-electron chi connectivity index (χ4n) is 4.74. The van der Waals surface area contributed by atoms with Gasteiger partial charge in [0, 0.05) is 42.9 Å². The fraction of sp³-hybridized carbons (Fsp3) is 0.464. The lowest BCUT2D eigenvalue weighted by Crippen LogP contribution is -2.54. The van der Waals surface area contributed by atoms with Crippen molar-refractivity contribution in [3.05, 3.63) is 59.7 Å². The fourth-order valence-corrected chi connectivity index (χ4v) is 4.74. The number of ether oxygens (including phenoxy) is 3. The Morgan fingerprint density at radius 3 is 2.56 bits per heavy atom. The third-order valence-electron chi connectivity index (χ3n) is 6.68. The van der Waals surface area contributed by atoms with Crippen molar-refractivity contribution < 1.29 is 28.5 Å². The zero-order chi connectivity index (χ0) is 27.8. The molecule has 1 atom stereocenters. The van der Waals surface area contributed by atoms with E-state index in [0.717, 1.165) is 19.3 Å². The topological polar surface area (TPSA) is 102 Å². The minimum atomic E-state index is -0.400. The highest BCUT2D eigenvalue weighted by Gasteiger charge is 2.34. The van der Waals surface area contributed by atoms with Crippen LogP contribution in [-0.2, 0) is 19.7 Å². The first-order valence-electron chi connectivity index (χ1n) is 13.1. The van der Waals surface area contributed by atoms with E-state index in [9.17, 15) is 14.3 Å². The lowest BCUT2D eigenvalue weighted by atomic mass is 10.0. The number of aliphatic hydroxyl groups is 1. The standard InChI is InChI=1S/C28H36FN5O5/c1-4-5-6-11-39-27-13-24(8-10-26(27)38-3)34-16-20(15-33-18-23(19-35)30-31-33)14-32(28(34)36)17-21-12-22(29)7-9-25(21)37-2/h7-10,12-13,18,20,35H,4-6,11,14-17,19H2,1-3H3. The summed E-state index contributed by atoms with van der Waals surface area (Å²) < 4.78 is 32.7. The lowest BCUT2D eigenvalue weighted by molar-refractivity contribution is 0.167. The molecule has 0 spiro atoms. The number of amides is 2. The predicted octanol–water partition coefficient (Wildman–Crippen LogP) is 4.25. The largest absolute Gasteiger partial charge is 0.496 e. The van der Waals surface area contributed by atoms with Crippen LogP contribution in [0.2, 0.25) is 0 Å². The van der Waals surface area contributed by atoms with Gasteiger partial charge in [0.1, 0.15) is 17.3 Å². The first kappa shape index (κ1) is 28.2. The molecule has 1 unspecified atom stereocenters. The number of hydrogen-bond acceptors (Lipinski definition) is 7. The lowest BCUT2D eigenvalue weighted by Gasteiger charge is -2.40. The molecule has 1 aliphatic heterocycles. The van der Waals surface area contributed by atoms with Gasteiger partial charge in [-0.05, 0) is 36.8 Å². The summed E-state index contributed by atoms with van der Waals surface area (Å²) in [5, 5.41) is 17.5. The van der Waals surface area contributed by atoms with Gasteiger partial charge < -0.3 is 24.2 Å². The van der Waals surface area contributed by atoms with Gasteiger partial charge in [-0.2, -0.15) is 0 Å². The van der Waals surface area contributed by atoms with Gasteiger partial charge in [-0.1, -0.05) is 25.0 Å². The molecule has 39 heavy (non-hydrogen) atoms. The average molecular weight is 542 g/mol. The third kappa shape index (κ3) is 6.97. The first-order valence-corrected chi connectivity index (χ1v) is 13.1. The molecular weight excluding hydrogens is 505 g/mol. The van der Waals surface area contributed by atoms with Crippen LogP contribution in [0.5, 0.6) is 17.2 Å². The van der Waals surface area contributed by atoms with Crippen molar-refractivity contribution in [2.24, 2.45) is 5.92 Å². The van der Waals surface area contributed by atoms with Crippen molar-refractivity contribution in [2.45, 2.75) is 45.9 Å². The van der Waals surface area contributed by atoms with E-state index in [-0.39, 0.29) is 25.1 Å². The van der Waals surface area contributed by atoms with Gasteiger partial charge in [-0.15, -0.1) is 5.10 Å². The van der Waals surface area contributed by atoms with Crippen molar-refractivity contribution in [2.75, 3.05) is 38.8 Å². The van der Waals surface area contributed by atoms with E-state index in [2.05, 4.69) is 17.2 Å². The Morgan fingerprint density at radius 2 is 1.85 bits per heavy atom. The van der Waals surface area contributed by atoms with Crippen LogP contribution in [0.4, 0.5) is 14.9 Å². The maximum absolute atomic E-state index is 14.1.